The smallest absolute Gasteiger partial charge is 0.387 e. The number of halogens is 3. The Morgan fingerprint density at radius 1 is 1.53 bits per heavy atom. The van der Waals surface area contributed by atoms with Crippen LogP contribution in [0.1, 0.15) is 5.56 Å². The lowest BCUT2D eigenvalue weighted by atomic mass is 10.2. The zero-order valence-corrected chi connectivity index (χ0v) is 8.36. The molecule has 3 N–H and O–H groups in total. The molecule has 0 saturated heterocycles. The van der Waals surface area contributed by atoms with Gasteiger partial charge in [-0.3, -0.25) is 0 Å². The van der Waals surface area contributed by atoms with Crippen molar-refractivity contribution in [2.24, 2.45) is 10.8 Å². The van der Waals surface area contributed by atoms with E-state index in [4.69, 9.17) is 5.73 Å². The van der Waals surface area contributed by atoms with Crippen molar-refractivity contribution in [3.63, 3.8) is 0 Å². The molecule has 0 saturated carbocycles. The highest BCUT2D eigenvalue weighted by atomic mass is 19.3. The van der Waals surface area contributed by atoms with Crippen LogP contribution in [0.25, 0.3) is 0 Å². The maximum atomic E-state index is 13.2. The number of rotatable bonds is 4. The van der Waals surface area contributed by atoms with Gasteiger partial charge in [-0.1, -0.05) is 0 Å². The largest absolute Gasteiger partial charge is 0.435 e. The molecule has 1 aromatic carbocycles. The third kappa shape index (κ3) is 4.41. The fourth-order valence-corrected chi connectivity index (χ4v) is 0.962. The molecule has 0 aliphatic rings. The first-order chi connectivity index (χ1) is 7.99. The van der Waals surface area contributed by atoms with E-state index in [-0.39, 0.29) is 11.3 Å². The first-order valence-corrected chi connectivity index (χ1v) is 4.32. The summed E-state index contributed by atoms with van der Waals surface area (Å²) in [5, 5.41) is 3.29. The van der Waals surface area contributed by atoms with Gasteiger partial charge in [0.25, 0.3) is 0 Å². The number of urea groups is 1. The summed E-state index contributed by atoms with van der Waals surface area (Å²) in [6, 6.07) is 2.05. The number of nitrogens with one attached hydrogen (secondary N) is 1. The van der Waals surface area contributed by atoms with E-state index in [9.17, 15) is 18.0 Å². The van der Waals surface area contributed by atoms with Crippen LogP contribution >= 0.6 is 0 Å². The summed E-state index contributed by atoms with van der Waals surface area (Å²) in [6.07, 6.45) is 0.915. The molecule has 5 nitrogen and oxygen atoms in total. The van der Waals surface area contributed by atoms with Gasteiger partial charge in [0, 0.05) is 5.56 Å². The van der Waals surface area contributed by atoms with Crippen LogP contribution in [0.4, 0.5) is 18.0 Å². The summed E-state index contributed by atoms with van der Waals surface area (Å²) in [6.45, 7) is -3.01. The van der Waals surface area contributed by atoms with Crippen molar-refractivity contribution in [3.05, 3.63) is 29.6 Å². The molecule has 0 spiro atoms. The van der Waals surface area contributed by atoms with Crippen LogP contribution < -0.4 is 15.9 Å². The first-order valence-electron chi connectivity index (χ1n) is 4.32. The summed E-state index contributed by atoms with van der Waals surface area (Å²) < 4.78 is 41.0. The predicted molar refractivity (Wildman–Crippen MR) is 53.3 cm³/mol. The van der Waals surface area contributed by atoms with E-state index in [1.165, 1.54) is 0 Å². The third-order valence-corrected chi connectivity index (χ3v) is 1.57. The Morgan fingerprint density at radius 3 is 2.82 bits per heavy atom. The van der Waals surface area contributed by atoms with Crippen LogP contribution in [0.5, 0.6) is 5.75 Å². The van der Waals surface area contributed by atoms with Crippen molar-refractivity contribution in [2.45, 2.75) is 6.61 Å². The Kier molecular flexibility index (Phi) is 4.32. The zero-order valence-electron chi connectivity index (χ0n) is 8.36. The standard InChI is InChI=1S/C9H8F3N3O2/c10-7-2-1-6(17-8(11)12)3-5(7)4-14-15-9(13)16/h1-4,8H,(H3,13,15,16). The molecule has 0 radical (unpaired) electrons. The molecule has 1 aromatic rings. The van der Waals surface area contributed by atoms with Crippen molar-refractivity contribution >= 4 is 12.2 Å². The molecule has 0 bridgehead atoms. The quantitative estimate of drug-likeness (QED) is 0.623. The molecular formula is C9H8F3N3O2. The Morgan fingerprint density at radius 2 is 2.24 bits per heavy atom. The Hall–Kier alpha value is -2.25. The number of benzene rings is 1. The van der Waals surface area contributed by atoms with Crippen LogP contribution in [-0.4, -0.2) is 18.9 Å². The van der Waals surface area contributed by atoms with Crippen molar-refractivity contribution in [1.29, 1.82) is 0 Å². The van der Waals surface area contributed by atoms with Gasteiger partial charge in [0.15, 0.2) is 0 Å². The minimum Gasteiger partial charge on any atom is -0.435 e. The number of hydrogen-bond acceptors (Lipinski definition) is 3. The predicted octanol–water partition coefficient (Wildman–Crippen LogP) is 1.43. The van der Waals surface area contributed by atoms with Gasteiger partial charge >= 0.3 is 12.6 Å². The topological polar surface area (TPSA) is 76.7 Å². The van der Waals surface area contributed by atoms with Gasteiger partial charge in [-0.25, -0.2) is 14.6 Å². The number of nitrogens with zero attached hydrogens (tertiary/aromatic N) is 1. The average molecular weight is 247 g/mol. The minimum atomic E-state index is -3.01. The highest BCUT2D eigenvalue weighted by molar-refractivity contribution is 5.82. The van der Waals surface area contributed by atoms with E-state index < -0.39 is 18.5 Å². The highest BCUT2D eigenvalue weighted by Gasteiger charge is 2.07. The lowest BCUT2D eigenvalue weighted by Crippen LogP contribution is -2.24. The number of hydrazone groups is 1. The molecule has 0 aromatic heterocycles. The van der Waals surface area contributed by atoms with Crippen molar-refractivity contribution in [3.8, 4) is 5.75 Å². The molecule has 92 valence electrons. The number of amides is 2. The van der Waals surface area contributed by atoms with Gasteiger partial charge in [-0.2, -0.15) is 13.9 Å². The number of primary amides is 1. The molecule has 0 heterocycles. The Bertz CT molecular complexity index is 437. The lowest BCUT2D eigenvalue weighted by Gasteiger charge is -2.05. The fraction of sp³-hybridized carbons (Fsp3) is 0.111. The molecule has 8 heteroatoms. The first kappa shape index (κ1) is 12.8. The summed E-state index contributed by atoms with van der Waals surface area (Å²) in [5.41, 5.74) is 6.42. The van der Waals surface area contributed by atoms with Gasteiger partial charge < -0.3 is 10.5 Å². The highest BCUT2D eigenvalue weighted by Crippen LogP contribution is 2.17. The van der Waals surface area contributed by atoms with E-state index in [1.807, 2.05) is 5.43 Å². The average Bonchev–Trinajstić information content (AvgIpc) is 2.21. The van der Waals surface area contributed by atoms with E-state index in [1.54, 1.807) is 0 Å². The molecule has 2 amide bonds. The summed E-state index contributed by atoms with van der Waals surface area (Å²) in [5.74, 6) is -0.927. The van der Waals surface area contributed by atoms with Crippen LogP contribution in [0.2, 0.25) is 0 Å². The maximum Gasteiger partial charge on any atom is 0.387 e. The van der Waals surface area contributed by atoms with Gasteiger partial charge in [0.1, 0.15) is 11.6 Å². The second kappa shape index (κ2) is 5.73. The van der Waals surface area contributed by atoms with Crippen molar-refractivity contribution in [2.75, 3.05) is 0 Å². The van der Waals surface area contributed by atoms with E-state index in [2.05, 4.69) is 9.84 Å². The van der Waals surface area contributed by atoms with E-state index in [0.717, 1.165) is 24.4 Å². The van der Waals surface area contributed by atoms with Gasteiger partial charge in [-0.05, 0) is 18.2 Å². The molecule has 0 unspecified atom stereocenters. The number of carbonyl (C=O) groups excluding carboxylic acids is 1. The molecular weight excluding hydrogens is 239 g/mol. The number of hydrogen-bond donors (Lipinski definition) is 2. The molecule has 1 rings (SSSR count). The summed E-state index contributed by atoms with van der Waals surface area (Å²) >= 11 is 0. The molecule has 0 aliphatic heterocycles. The minimum absolute atomic E-state index is 0.128. The summed E-state index contributed by atoms with van der Waals surface area (Å²) in [4.78, 5) is 10.3. The van der Waals surface area contributed by atoms with Crippen LogP contribution in [0.3, 0.4) is 0 Å². The van der Waals surface area contributed by atoms with Gasteiger partial charge in [0.2, 0.25) is 0 Å². The van der Waals surface area contributed by atoms with Crippen LogP contribution in [0.15, 0.2) is 23.3 Å². The van der Waals surface area contributed by atoms with E-state index >= 15 is 0 Å². The van der Waals surface area contributed by atoms with Crippen LogP contribution in [0, 0.1) is 5.82 Å². The fourth-order valence-electron chi connectivity index (χ4n) is 0.962. The normalized spacial score (nSPS) is 10.8. The van der Waals surface area contributed by atoms with Gasteiger partial charge in [0.05, 0.1) is 6.21 Å². The van der Waals surface area contributed by atoms with Gasteiger partial charge in [-0.15, -0.1) is 0 Å². The number of nitrogens with two attached hydrogens (primary N) is 1. The molecule has 0 atom stereocenters. The third-order valence-electron chi connectivity index (χ3n) is 1.57. The van der Waals surface area contributed by atoms with Crippen molar-refractivity contribution < 1.29 is 22.7 Å². The van der Waals surface area contributed by atoms with E-state index in [0.29, 0.717) is 0 Å². The second-order valence-electron chi connectivity index (χ2n) is 2.80. The zero-order chi connectivity index (χ0) is 12.8. The maximum absolute atomic E-state index is 13.2. The monoisotopic (exact) mass is 247 g/mol. The SMILES string of the molecule is NC(=O)NN=Cc1cc(OC(F)F)ccc1F. The number of alkyl halides is 2. The molecule has 0 fully saturated rings. The summed E-state index contributed by atoms with van der Waals surface area (Å²) in [7, 11) is 0. The Labute approximate surface area is 94.1 Å². The van der Waals surface area contributed by atoms with Crippen molar-refractivity contribution in [1.82, 2.24) is 5.43 Å². The number of ether oxygens (including phenoxy) is 1. The lowest BCUT2D eigenvalue weighted by molar-refractivity contribution is -0.0498. The Balaban J connectivity index is 2.83. The molecule has 0 aliphatic carbocycles. The van der Waals surface area contributed by atoms with Crippen LogP contribution in [-0.2, 0) is 0 Å². The number of carbonyl (C=O) groups is 1. The molecule has 17 heavy (non-hydrogen) atoms. The second-order valence-corrected chi connectivity index (χ2v) is 2.80.